The third-order valence-corrected chi connectivity index (χ3v) is 7.32. The van der Waals surface area contributed by atoms with Crippen molar-refractivity contribution in [2.24, 2.45) is 0 Å². The molecule has 8 heteroatoms. The number of aromatic hydroxyl groups is 1. The second-order valence-corrected chi connectivity index (χ2v) is 10.3. The van der Waals surface area contributed by atoms with Gasteiger partial charge in [0.25, 0.3) is 0 Å². The number of carbonyl (C=O) groups is 2. The zero-order valence-electron chi connectivity index (χ0n) is 21.1. The second-order valence-electron chi connectivity index (χ2n) is 9.49. The van der Waals surface area contributed by atoms with Gasteiger partial charge in [0, 0.05) is 54.0 Å². The minimum atomic E-state index is -0.0440. The molecular formula is C29H31Cl2N3O3. The average molecular weight is 540 g/mol. The summed E-state index contributed by atoms with van der Waals surface area (Å²) in [5.41, 5.74) is 5.90. The van der Waals surface area contributed by atoms with E-state index in [0.29, 0.717) is 44.7 Å². The van der Waals surface area contributed by atoms with Crippen molar-refractivity contribution in [1.29, 1.82) is 0 Å². The molecule has 0 bridgehead atoms. The molecule has 3 aromatic rings. The number of nitrogens with zero attached hydrogens (tertiary/aromatic N) is 2. The van der Waals surface area contributed by atoms with Crippen LogP contribution >= 0.6 is 23.2 Å². The molecule has 1 aliphatic heterocycles. The lowest BCUT2D eigenvalue weighted by molar-refractivity contribution is -0.130. The van der Waals surface area contributed by atoms with Crippen LogP contribution in [0, 0.1) is 13.8 Å². The monoisotopic (exact) mass is 539 g/mol. The van der Waals surface area contributed by atoms with E-state index in [9.17, 15) is 14.7 Å². The number of benzene rings is 3. The summed E-state index contributed by atoms with van der Waals surface area (Å²) < 4.78 is 0. The molecule has 0 unspecified atom stereocenters. The van der Waals surface area contributed by atoms with Crippen LogP contribution in [0.2, 0.25) is 10.0 Å². The number of rotatable bonds is 8. The fourth-order valence-electron chi connectivity index (χ4n) is 4.56. The van der Waals surface area contributed by atoms with E-state index in [-0.39, 0.29) is 33.9 Å². The highest BCUT2D eigenvalue weighted by Crippen LogP contribution is 2.30. The predicted octanol–water partition coefficient (Wildman–Crippen LogP) is 5.43. The molecule has 0 spiro atoms. The Hall–Kier alpha value is -3.22. The van der Waals surface area contributed by atoms with Crippen LogP contribution in [0.1, 0.15) is 22.3 Å². The van der Waals surface area contributed by atoms with Gasteiger partial charge in [-0.2, -0.15) is 0 Å². The van der Waals surface area contributed by atoms with Crippen molar-refractivity contribution in [2.45, 2.75) is 26.7 Å². The van der Waals surface area contributed by atoms with Gasteiger partial charge < -0.3 is 20.2 Å². The lowest BCUT2D eigenvalue weighted by Gasteiger charge is -2.36. The minimum absolute atomic E-state index is 0.0239. The average Bonchev–Trinajstić information content (AvgIpc) is 2.86. The van der Waals surface area contributed by atoms with E-state index in [1.807, 2.05) is 48.2 Å². The van der Waals surface area contributed by atoms with Crippen molar-refractivity contribution in [3.63, 3.8) is 0 Å². The Morgan fingerprint density at radius 1 is 0.892 bits per heavy atom. The molecule has 194 valence electrons. The topological polar surface area (TPSA) is 72.9 Å². The maximum atomic E-state index is 12.8. The number of phenols is 1. The first-order chi connectivity index (χ1) is 17.7. The van der Waals surface area contributed by atoms with Crippen LogP contribution in [0.5, 0.6) is 5.75 Å². The van der Waals surface area contributed by atoms with Crippen LogP contribution in [-0.2, 0) is 22.4 Å². The Bertz CT molecular complexity index is 1260. The van der Waals surface area contributed by atoms with Gasteiger partial charge >= 0.3 is 0 Å². The number of halogens is 2. The molecule has 2 N–H and O–H groups in total. The molecule has 3 aromatic carbocycles. The molecule has 1 saturated heterocycles. The van der Waals surface area contributed by atoms with Gasteiger partial charge in [0.1, 0.15) is 5.75 Å². The molecule has 1 aliphatic rings. The number of amides is 1. The lowest BCUT2D eigenvalue weighted by Crippen LogP contribution is -2.49. The zero-order valence-corrected chi connectivity index (χ0v) is 22.6. The number of piperazine rings is 1. The maximum Gasteiger partial charge on any atom is 0.227 e. The minimum Gasteiger partial charge on any atom is -0.508 e. The summed E-state index contributed by atoms with van der Waals surface area (Å²) in [7, 11) is 0. The maximum absolute atomic E-state index is 12.8. The SMILES string of the molecule is Cc1ccc(NCC(=O)Cc2ccc(N3CCN(C(=O)Cc4c(Cl)cc(O)cc4Cl)CC3)cc2)c(C)c1. The molecule has 6 nitrogen and oxygen atoms in total. The summed E-state index contributed by atoms with van der Waals surface area (Å²) in [6.45, 7) is 6.99. The van der Waals surface area contributed by atoms with Gasteiger partial charge in [-0.25, -0.2) is 0 Å². The van der Waals surface area contributed by atoms with Crippen molar-refractivity contribution in [3.05, 3.63) is 86.9 Å². The molecule has 0 aromatic heterocycles. The van der Waals surface area contributed by atoms with Gasteiger partial charge in [-0.1, -0.05) is 53.0 Å². The summed E-state index contributed by atoms with van der Waals surface area (Å²) in [6.07, 6.45) is 0.474. The van der Waals surface area contributed by atoms with Crippen LogP contribution in [0.15, 0.2) is 54.6 Å². The first-order valence-corrected chi connectivity index (χ1v) is 13.1. The van der Waals surface area contributed by atoms with Gasteiger partial charge in [-0.3, -0.25) is 9.59 Å². The summed E-state index contributed by atoms with van der Waals surface area (Å²) >= 11 is 12.3. The van der Waals surface area contributed by atoms with Crippen LogP contribution in [0.4, 0.5) is 11.4 Å². The molecule has 0 saturated carbocycles. The summed E-state index contributed by atoms with van der Waals surface area (Å²) in [6, 6.07) is 17.0. The van der Waals surface area contributed by atoms with Gasteiger partial charge in [-0.05, 0) is 60.9 Å². The number of ketones is 1. The van der Waals surface area contributed by atoms with E-state index in [1.165, 1.54) is 17.7 Å². The van der Waals surface area contributed by atoms with E-state index < -0.39 is 0 Å². The molecular weight excluding hydrogens is 509 g/mol. The smallest absolute Gasteiger partial charge is 0.227 e. The molecule has 0 aliphatic carbocycles. The third-order valence-electron chi connectivity index (χ3n) is 6.65. The predicted molar refractivity (Wildman–Crippen MR) is 150 cm³/mol. The number of anilines is 2. The van der Waals surface area contributed by atoms with Crippen LogP contribution in [0.25, 0.3) is 0 Å². The number of hydrogen-bond donors (Lipinski definition) is 2. The molecule has 0 radical (unpaired) electrons. The number of hydrogen-bond acceptors (Lipinski definition) is 5. The highest BCUT2D eigenvalue weighted by atomic mass is 35.5. The van der Waals surface area contributed by atoms with E-state index in [2.05, 4.69) is 23.2 Å². The number of phenolic OH excluding ortho intramolecular Hbond substituents is 1. The summed E-state index contributed by atoms with van der Waals surface area (Å²) in [5, 5.41) is 13.4. The zero-order chi connectivity index (χ0) is 26.5. The van der Waals surface area contributed by atoms with Crippen molar-refractivity contribution >= 4 is 46.3 Å². The fourth-order valence-corrected chi connectivity index (χ4v) is 5.17. The third kappa shape index (κ3) is 6.96. The van der Waals surface area contributed by atoms with Crippen LogP contribution in [0.3, 0.4) is 0 Å². The molecule has 1 fully saturated rings. The Balaban J connectivity index is 1.25. The van der Waals surface area contributed by atoms with Crippen molar-refractivity contribution in [3.8, 4) is 5.75 Å². The summed E-state index contributed by atoms with van der Waals surface area (Å²) in [5.74, 6) is 0.0651. The first-order valence-electron chi connectivity index (χ1n) is 12.3. The number of aryl methyl sites for hydroxylation is 2. The Morgan fingerprint density at radius 3 is 2.16 bits per heavy atom. The van der Waals surface area contributed by atoms with Gasteiger partial charge in [0.05, 0.1) is 13.0 Å². The largest absolute Gasteiger partial charge is 0.508 e. The van der Waals surface area contributed by atoms with E-state index >= 15 is 0 Å². The molecule has 1 heterocycles. The van der Waals surface area contributed by atoms with Gasteiger partial charge in [0.2, 0.25) is 5.91 Å². The molecule has 37 heavy (non-hydrogen) atoms. The second kappa shape index (κ2) is 11.9. The lowest BCUT2D eigenvalue weighted by atomic mass is 10.1. The molecule has 0 atom stereocenters. The fraction of sp³-hybridized carbons (Fsp3) is 0.310. The standard InChI is InChI=1S/C29H31Cl2N3O3/c1-19-3-8-28(20(2)13-19)32-18-24(36)14-21-4-6-22(7-5-21)33-9-11-34(12-10-33)29(37)17-25-26(30)15-23(35)16-27(25)31/h3-8,13,15-16,32,35H,9-12,14,17-18H2,1-2H3. The highest BCUT2D eigenvalue weighted by Gasteiger charge is 2.23. The van der Waals surface area contributed by atoms with E-state index in [4.69, 9.17) is 23.2 Å². The Kier molecular flexibility index (Phi) is 8.62. The quantitative estimate of drug-likeness (QED) is 0.399. The van der Waals surface area contributed by atoms with Crippen LogP contribution in [-0.4, -0.2) is 54.4 Å². The van der Waals surface area contributed by atoms with Gasteiger partial charge in [0.15, 0.2) is 5.78 Å². The number of Topliss-reactive ketones (excluding diaryl/α,β-unsaturated/α-hetero) is 1. The van der Waals surface area contributed by atoms with Crippen molar-refractivity contribution < 1.29 is 14.7 Å². The first kappa shape index (κ1) is 26.8. The van der Waals surface area contributed by atoms with Gasteiger partial charge in [-0.15, -0.1) is 0 Å². The van der Waals surface area contributed by atoms with E-state index in [0.717, 1.165) is 22.5 Å². The number of carbonyl (C=O) groups excluding carboxylic acids is 2. The molecule has 1 amide bonds. The highest BCUT2D eigenvalue weighted by molar-refractivity contribution is 6.36. The Morgan fingerprint density at radius 2 is 1.54 bits per heavy atom. The van der Waals surface area contributed by atoms with E-state index in [1.54, 1.807) is 0 Å². The Labute approximate surface area is 227 Å². The normalized spacial score (nSPS) is 13.5. The van der Waals surface area contributed by atoms with Crippen LogP contribution < -0.4 is 10.2 Å². The number of nitrogens with one attached hydrogen (secondary N) is 1. The van der Waals surface area contributed by atoms with Crippen molar-refractivity contribution in [2.75, 3.05) is 42.9 Å². The van der Waals surface area contributed by atoms with Crippen molar-refractivity contribution in [1.82, 2.24) is 4.90 Å². The molecule has 4 rings (SSSR count). The summed E-state index contributed by atoms with van der Waals surface area (Å²) in [4.78, 5) is 29.4.